The van der Waals surface area contributed by atoms with Crippen molar-refractivity contribution < 1.29 is 14.7 Å². The average Bonchev–Trinajstić information content (AvgIpc) is 2.25. The van der Waals surface area contributed by atoms with E-state index in [1.54, 1.807) is 25.1 Å². The molecule has 0 fully saturated rings. The second kappa shape index (κ2) is 6.27. The van der Waals surface area contributed by atoms with Gasteiger partial charge in [-0.15, -0.1) is 0 Å². The molecule has 1 rings (SSSR count). The number of hydrogen-bond donors (Lipinski definition) is 2. The lowest BCUT2D eigenvalue weighted by molar-refractivity contribution is -0.138. The highest BCUT2D eigenvalue weighted by Gasteiger charge is 2.29. The highest BCUT2D eigenvalue weighted by atomic mass is 35.5. The van der Waals surface area contributed by atoms with Crippen molar-refractivity contribution in [3.8, 4) is 0 Å². The second-order valence-corrected chi connectivity index (χ2v) is 6.39. The first-order valence-corrected chi connectivity index (χ1v) is 6.78. The molecular weight excluding hydrogens is 278 g/mol. The second-order valence-electron chi connectivity index (χ2n) is 5.95. The number of carboxylic acids is 1. The van der Waals surface area contributed by atoms with Gasteiger partial charge in [-0.25, -0.2) is 0 Å². The number of benzene rings is 1. The highest BCUT2D eigenvalue weighted by molar-refractivity contribution is 6.30. The van der Waals surface area contributed by atoms with Gasteiger partial charge in [0.25, 0.3) is 5.91 Å². The SMILES string of the molecule is Cc1cc(Cl)ccc1C(=O)NC(CC(=O)O)C(C)(C)C. The predicted molar refractivity (Wildman–Crippen MR) is 79.2 cm³/mol. The van der Waals surface area contributed by atoms with Crippen LogP contribution < -0.4 is 5.32 Å². The lowest BCUT2D eigenvalue weighted by Gasteiger charge is -2.30. The van der Waals surface area contributed by atoms with Crippen molar-refractivity contribution >= 4 is 23.5 Å². The van der Waals surface area contributed by atoms with Crippen molar-refractivity contribution in [1.82, 2.24) is 5.32 Å². The lowest BCUT2D eigenvalue weighted by atomic mass is 9.84. The van der Waals surface area contributed by atoms with Gasteiger partial charge < -0.3 is 10.4 Å². The van der Waals surface area contributed by atoms with Crippen LogP contribution in [0.15, 0.2) is 18.2 Å². The largest absolute Gasteiger partial charge is 0.481 e. The normalized spacial score (nSPS) is 12.8. The summed E-state index contributed by atoms with van der Waals surface area (Å²) in [5.74, 6) is -1.21. The van der Waals surface area contributed by atoms with Gasteiger partial charge in [-0.2, -0.15) is 0 Å². The summed E-state index contributed by atoms with van der Waals surface area (Å²) in [6.07, 6.45) is -0.109. The highest BCUT2D eigenvalue weighted by Crippen LogP contribution is 2.23. The van der Waals surface area contributed by atoms with E-state index in [2.05, 4.69) is 5.32 Å². The van der Waals surface area contributed by atoms with Crippen LogP contribution in [-0.4, -0.2) is 23.0 Å². The van der Waals surface area contributed by atoms with Crippen molar-refractivity contribution in [2.24, 2.45) is 5.41 Å². The third-order valence-electron chi connectivity index (χ3n) is 3.16. The maximum absolute atomic E-state index is 12.3. The Hall–Kier alpha value is -1.55. The zero-order valence-corrected chi connectivity index (χ0v) is 12.9. The molecule has 1 aromatic carbocycles. The van der Waals surface area contributed by atoms with Gasteiger partial charge in [-0.3, -0.25) is 9.59 Å². The molecule has 4 nitrogen and oxygen atoms in total. The number of carbonyl (C=O) groups excluding carboxylic acids is 1. The molecule has 1 aromatic rings. The molecule has 0 aliphatic rings. The Morgan fingerprint density at radius 3 is 2.40 bits per heavy atom. The number of carboxylic acid groups (broad SMARTS) is 1. The molecule has 0 aliphatic carbocycles. The number of rotatable bonds is 4. The van der Waals surface area contributed by atoms with E-state index in [0.29, 0.717) is 10.6 Å². The third kappa shape index (κ3) is 4.53. The maximum Gasteiger partial charge on any atom is 0.305 e. The zero-order chi connectivity index (χ0) is 15.5. The fraction of sp³-hybridized carbons (Fsp3) is 0.467. The van der Waals surface area contributed by atoms with E-state index >= 15 is 0 Å². The van der Waals surface area contributed by atoms with Gasteiger partial charge in [-0.05, 0) is 36.1 Å². The molecule has 1 atom stereocenters. The van der Waals surface area contributed by atoms with Crippen molar-refractivity contribution in [3.63, 3.8) is 0 Å². The van der Waals surface area contributed by atoms with E-state index in [1.807, 2.05) is 20.8 Å². The molecule has 0 saturated heterocycles. The van der Waals surface area contributed by atoms with Gasteiger partial charge in [0.15, 0.2) is 0 Å². The summed E-state index contributed by atoms with van der Waals surface area (Å²) >= 11 is 5.86. The molecule has 1 unspecified atom stereocenters. The molecule has 20 heavy (non-hydrogen) atoms. The Bertz CT molecular complexity index is 520. The van der Waals surface area contributed by atoms with E-state index in [9.17, 15) is 9.59 Å². The smallest absolute Gasteiger partial charge is 0.305 e. The van der Waals surface area contributed by atoms with E-state index < -0.39 is 12.0 Å². The lowest BCUT2D eigenvalue weighted by Crippen LogP contribution is -2.45. The van der Waals surface area contributed by atoms with Gasteiger partial charge in [-0.1, -0.05) is 32.4 Å². The zero-order valence-electron chi connectivity index (χ0n) is 12.2. The first kappa shape index (κ1) is 16.5. The summed E-state index contributed by atoms with van der Waals surface area (Å²) in [5, 5.41) is 12.3. The standard InChI is InChI=1S/C15H20ClNO3/c1-9-7-10(16)5-6-11(9)14(20)17-12(8-13(18)19)15(2,3)4/h5-7,12H,8H2,1-4H3,(H,17,20)(H,18,19). The van der Waals surface area contributed by atoms with E-state index in [4.69, 9.17) is 16.7 Å². The van der Waals surface area contributed by atoms with Crippen LogP contribution in [0.2, 0.25) is 5.02 Å². The van der Waals surface area contributed by atoms with Gasteiger partial charge in [0.1, 0.15) is 0 Å². The molecule has 2 N–H and O–H groups in total. The fourth-order valence-corrected chi connectivity index (χ4v) is 2.09. The van der Waals surface area contributed by atoms with E-state index in [1.165, 1.54) is 0 Å². The first-order chi connectivity index (χ1) is 9.11. The Labute approximate surface area is 124 Å². The van der Waals surface area contributed by atoms with Gasteiger partial charge in [0, 0.05) is 16.6 Å². The summed E-state index contributed by atoms with van der Waals surface area (Å²) < 4.78 is 0. The molecule has 0 bridgehead atoms. The summed E-state index contributed by atoms with van der Waals surface area (Å²) in [6, 6.07) is 4.56. The summed E-state index contributed by atoms with van der Waals surface area (Å²) in [7, 11) is 0. The Morgan fingerprint density at radius 1 is 1.35 bits per heavy atom. The van der Waals surface area contributed by atoms with Crippen LogP contribution in [0.1, 0.15) is 43.1 Å². The third-order valence-corrected chi connectivity index (χ3v) is 3.40. The van der Waals surface area contributed by atoms with Gasteiger partial charge >= 0.3 is 5.97 Å². The van der Waals surface area contributed by atoms with Crippen LogP contribution in [0.4, 0.5) is 0 Å². The summed E-state index contributed by atoms with van der Waals surface area (Å²) in [5.41, 5.74) is 0.931. The number of nitrogens with one attached hydrogen (secondary N) is 1. The van der Waals surface area contributed by atoms with Crippen molar-refractivity contribution in [3.05, 3.63) is 34.3 Å². The number of carbonyl (C=O) groups is 2. The number of hydrogen-bond acceptors (Lipinski definition) is 2. The number of aliphatic carboxylic acids is 1. The molecule has 0 spiro atoms. The quantitative estimate of drug-likeness (QED) is 0.896. The monoisotopic (exact) mass is 297 g/mol. The number of halogens is 1. The Morgan fingerprint density at radius 2 is 1.95 bits per heavy atom. The molecule has 0 aliphatic heterocycles. The maximum atomic E-state index is 12.3. The molecule has 0 aromatic heterocycles. The van der Waals surface area contributed by atoms with Crippen LogP contribution in [0, 0.1) is 12.3 Å². The van der Waals surface area contributed by atoms with Crippen LogP contribution >= 0.6 is 11.6 Å². The summed E-state index contributed by atoms with van der Waals surface area (Å²) in [6.45, 7) is 7.49. The van der Waals surface area contributed by atoms with Gasteiger partial charge in [0.05, 0.1) is 6.42 Å². The molecular formula is C15H20ClNO3. The summed E-state index contributed by atoms with van der Waals surface area (Å²) in [4.78, 5) is 23.2. The fourth-order valence-electron chi connectivity index (χ4n) is 1.87. The van der Waals surface area contributed by atoms with Crippen LogP contribution in [0.5, 0.6) is 0 Å². The molecule has 110 valence electrons. The minimum Gasteiger partial charge on any atom is -0.481 e. The molecule has 0 saturated carbocycles. The van der Waals surface area contributed by atoms with Crippen LogP contribution in [0.25, 0.3) is 0 Å². The van der Waals surface area contributed by atoms with E-state index in [0.717, 1.165) is 5.56 Å². The average molecular weight is 298 g/mol. The van der Waals surface area contributed by atoms with Crippen LogP contribution in [0.3, 0.4) is 0 Å². The van der Waals surface area contributed by atoms with Crippen molar-refractivity contribution in [1.29, 1.82) is 0 Å². The van der Waals surface area contributed by atoms with Crippen molar-refractivity contribution in [2.75, 3.05) is 0 Å². The van der Waals surface area contributed by atoms with Crippen LogP contribution in [-0.2, 0) is 4.79 Å². The van der Waals surface area contributed by atoms with Crippen molar-refractivity contribution in [2.45, 2.75) is 40.2 Å². The minimum atomic E-state index is -0.932. The Kier molecular flexibility index (Phi) is 5.17. The first-order valence-electron chi connectivity index (χ1n) is 6.40. The number of aryl methyl sites for hydroxylation is 1. The Balaban J connectivity index is 2.93. The molecule has 5 heteroatoms. The minimum absolute atomic E-state index is 0.109. The molecule has 0 heterocycles. The van der Waals surface area contributed by atoms with E-state index in [-0.39, 0.29) is 17.7 Å². The number of amides is 1. The predicted octanol–water partition coefficient (Wildman–Crippen LogP) is 3.27. The molecule has 0 radical (unpaired) electrons. The topological polar surface area (TPSA) is 66.4 Å². The van der Waals surface area contributed by atoms with Gasteiger partial charge in [0.2, 0.25) is 0 Å². The molecule has 1 amide bonds.